The van der Waals surface area contributed by atoms with Crippen molar-refractivity contribution in [3.05, 3.63) is 0 Å². The van der Waals surface area contributed by atoms with Gasteiger partial charge in [0.2, 0.25) is 0 Å². The van der Waals surface area contributed by atoms with E-state index < -0.39 is 0 Å². The lowest BCUT2D eigenvalue weighted by Gasteiger charge is -2.29. The number of aliphatic hydroxyl groups excluding tert-OH is 1. The summed E-state index contributed by atoms with van der Waals surface area (Å²) in [6, 6.07) is 0.408. The third kappa shape index (κ3) is 4.23. The van der Waals surface area contributed by atoms with E-state index in [2.05, 4.69) is 39.9 Å². The van der Waals surface area contributed by atoms with Crippen molar-refractivity contribution >= 4 is 0 Å². The Morgan fingerprint density at radius 2 is 2.00 bits per heavy atom. The summed E-state index contributed by atoms with van der Waals surface area (Å²) in [7, 11) is 0. The van der Waals surface area contributed by atoms with Gasteiger partial charge < -0.3 is 15.2 Å². The summed E-state index contributed by atoms with van der Waals surface area (Å²) in [5.41, 5.74) is -0.124. The van der Waals surface area contributed by atoms with Crippen LogP contribution >= 0.6 is 0 Å². The highest BCUT2D eigenvalue weighted by molar-refractivity contribution is 4.98. The number of hydrogen-bond acceptors (Lipinski definition) is 3. The molecule has 0 spiro atoms. The number of rotatable bonds is 6. The van der Waals surface area contributed by atoms with Gasteiger partial charge in [0, 0.05) is 12.6 Å². The van der Waals surface area contributed by atoms with Gasteiger partial charge in [-0.25, -0.2) is 0 Å². The zero-order chi connectivity index (χ0) is 13.1. The average Bonchev–Trinajstić information content (AvgIpc) is 2.41. The molecule has 1 fully saturated rings. The quantitative estimate of drug-likeness (QED) is 0.752. The third-order valence-electron chi connectivity index (χ3n) is 3.84. The van der Waals surface area contributed by atoms with Crippen molar-refractivity contribution in [1.82, 2.24) is 5.32 Å². The molecule has 1 aliphatic rings. The molecule has 2 atom stereocenters. The average molecular weight is 243 g/mol. The molecule has 1 heterocycles. The molecule has 0 aromatic carbocycles. The maximum atomic E-state index is 8.99. The molecular formula is C14H29NO2. The molecule has 1 rings (SSSR count). The first kappa shape index (κ1) is 14.9. The molecule has 2 unspecified atom stereocenters. The number of ether oxygens (including phenoxy) is 1. The highest BCUT2D eigenvalue weighted by atomic mass is 16.5. The Morgan fingerprint density at radius 1 is 1.35 bits per heavy atom. The summed E-state index contributed by atoms with van der Waals surface area (Å²) in [5.74, 6) is 0.569. The lowest BCUT2D eigenvalue weighted by molar-refractivity contribution is -0.0699. The molecule has 0 amide bonds. The zero-order valence-electron chi connectivity index (χ0n) is 12.0. The molecule has 102 valence electrons. The van der Waals surface area contributed by atoms with Crippen LogP contribution in [0.1, 0.15) is 53.9 Å². The monoisotopic (exact) mass is 243 g/mol. The van der Waals surface area contributed by atoms with Gasteiger partial charge in [-0.05, 0) is 53.0 Å². The van der Waals surface area contributed by atoms with E-state index in [0.717, 1.165) is 25.8 Å². The highest BCUT2D eigenvalue weighted by Gasteiger charge is 2.45. The van der Waals surface area contributed by atoms with Crippen molar-refractivity contribution in [2.75, 3.05) is 13.2 Å². The summed E-state index contributed by atoms with van der Waals surface area (Å²) in [6.07, 6.45) is 3.06. The summed E-state index contributed by atoms with van der Waals surface area (Å²) in [4.78, 5) is 0. The molecule has 3 heteroatoms. The van der Waals surface area contributed by atoms with E-state index in [9.17, 15) is 0 Å². The molecule has 0 radical (unpaired) electrons. The van der Waals surface area contributed by atoms with Crippen molar-refractivity contribution in [2.24, 2.45) is 5.92 Å². The standard InChI is InChI=1S/C14H29NO2/c1-6-11(7-8-16)10-15-12-9-13(2,3)17-14(12,4)5/h11-12,15-16H,6-10H2,1-5H3. The number of aliphatic hydroxyl groups is 1. The van der Waals surface area contributed by atoms with Crippen LogP contribution in [0.25, 0.3) is 0 Å². The highest BCUT2D eigenvalue weighted by Crippen LogP contribution is 2.37. The Bertz CT molecular complexity index is 238. The fourth-order valence-corrected chi connectivity index (χ4v) is 2.82. The normalized spacial score (nSPS) is 28.2. The maximum Gasteiger partial charge on any atom is 0.0787 e. The molecule has 17 heavy (non-hydrogen) atoms. The molecule has 2 N–H and O–H groups in total. The van der Waals surface area contributed by atoms with E-state index in [4.69, 9.17) is 9.84 Å². The van der Waals surface area contributed by atoms with Gasteiger partial charge in [0.05, 0.1) is 11.2 Å². The molecule has 0 aliphatic carbocycles. The van der Waals surface area contributed by atoms with Crippen LogP contribution in [0.5, 0.6) is 0 Å². The van der Waals surface area contributed by atoms with Crippen molar-refractivity contribution in [3.63, 3.8) is 0 Å². The fraction of sp³-hybridized carbons (Fsp3) is 1.00. The predicted octanol–water partition coefficient (Wildman–Crippen LogP) is 2.33. The van der Waals surface area contributed by atoms with Gasteiger partial charge in [0.1, 0.15) is 0 Å². The van der Waals surface area contributed by atoms with Gasteiger partial charge in [-0.1, -0.05) is 13.3 Å². The van der Waals surface area contributed by atoms with Gasteiger partial charge in [0.15, 0.2) is 0 Å². The molecule has 0 aromatic rings. The van der Waals surface area contributed by atoms with Crippen molar-refractivity contribution in [1.29, 1.82) is 0 Å². The van der Waals surface area contributed by atoms with Crippen molar-refractivity contribution in [2.45, 2.75) is 71.1 Å². The van der Waals surface area contributed by atoms with E-state index in [-0.39, 0.29) is 17.8 Å². The van der Waals surface area contributed by atoms with E-state index >= 15 is 0 Å². The predicted molar refractivity (Wildman–Crippen MR) is 71.1 cm³/mol. The van der Waals surface area contributed by atoms with Crippen LogP contribution < -0.4 is 5.32 Å². The van der Waals surface area contributed by atoms with Gasteiger partial charge >= 0.3 is 0 Å². The van der Waals surface area contributed by atoms with Crippen molar-refractivity contribution in [3.8, 4) is 0 Å². The summed E-state index contributed by atoms with van der Waals surface area (Å²) >= 11 is 0. The second-order valence-electron chi connectivity index (χ2n) is 6.42. The topological polar surface area (TPSA) is 41.5 Å². The summed E-state index contributed by atoms with van der Waals surface area (Å²) in [5, 5.41) is 12.6. The molecular weight excluding hydrogens is 214 g/mol. The molecule has 1 saturated heterocycles. The number of nitrogens with one attached hydrogen (secondary N) is 1. The molecule has 0 bridgehead atoms. The number of hydrogen-bond donors (Lipinski definition) is 2. The van der Waals surface area contributed by atoms with Crippen LogP contribution in [0.3, 0.4) is 0 Å². The molecule has 0 aromatic heterocycles. The largest absolute Gasteiger partial charge is 0.396 e. The van der Waals surface area contributed by atoms with Crippen LogP contribution in [-0.4, -0.2) is 35.5 Å². The first-order chi connectivity index (χ1) is 7.80. The van der Waals surface area contributed by atoms with Crippen LogP contribution in [0.15, 0.2) is 0 Å². The van der Waals surface area contributed by atoms with E-state index in [1.54, 1.807) is 0 Å². The summed E-state index contributed by atoms with van der Waals surface area (Å²) in [6.45, 7) is 12.1. The Hall–Kier alpha value is -0.120. The molecule has 0 saturated carbocycles. The van der Waals surface area contributed by atoms with Gasteiger partial charge in [-0.15, -0.1) is 0 Å². The minimum atomic E-state index is -0.0962. The SMILES string of the molecule is CCC(CCO)CNC1CC(C)(C)OC1(C)C. The van der Waals surface area contributed by atoms with E-state index in [0.29, 0.717) is 12.0 Å². The minimum Gasteiger partial charge on any atom is -0.396 e. The smallest absolute Gasteiger partial charge is 0.0787 e. The van der Waals surface area contributed by atoms with Crippen LogP contribution in [-0.2, 0) is 4.74 Å². The van der Waals surface area contributed by atoms with E-state index in [1.807, 2.05) is 0 Å². The Labute approximate surface area is 106 Å². The van der Waals surface area contributed by atoms with Crippen LogP contribution in [0.4, 0.5) is 0 Å². The first-order valence-electron chi connectivity index (χ1n) is 6.85. The lowest BCUT2D eigenvalue weighted by atomic mass is 9.93. The van der Waals surface area contributed by atoms with Crippen molar-refractivity contribution < 1.29 is 9.84 Å². The zero-order valence-corrected chi connectivity index (χ0v) is 12.0. The second kappa shape index (κ2) is 5.68. The first-order valence-corrected chi connectivity index (χ1v) is 6.85. The summed E-state index contributed by atoms with van der Waals surface area (Å²) < 4.78 is 6.06. The fourth-order valence-electron chi connectivity index (χ4n) is 2.82. The molecule has 3 nitrogen and oxygen atoms in total. The Kier molecular flexibility index (Phi) is 4.99. The molecule has 1 aliphatic heterocycles. The van der Waals surface area contributed by atoms with Gasteiger partial charge in [0.25, 0.3) is 0 Å². The van der Waals surface area contributed by atoms with E-state index in [1.165, 1.54) is 0 Å². The Balaban J connectivity index is 2.46. The van der Waals surface area contributed by atoms with Gasteiger partial charge in [-0.3, -0.25) is 0 Å². The second-order valence-corrected chi connectivity index (χ2v) is 6.42. The lowest BCUT2D eigenvalue weighted by Crippen LogP contribution is -2.45. The van der Waals surface area contributed by atoms with Gasteiger partial charge in [-0.2, -0.15) is 0 Å². The van der Waals surface area contributed by atoms with Crippen LogP contribution in [0, 0.1) is 5.92 Å². The maximum absolute atomic E-state index is 8.99. The third-order valence-corrected chi connectivity index (χ3v) is 3.84. The minimum absolute atomic E-state index is 0.0279. The Morgan fingerprint density at radius 3 is 2.41 bits per heavy atom. The van der Waals surface area contributed by atoms with Crippen LogP contribution in [0.2, 0.25) is 0 Å².